The molecule has 0 aromatic carbocycles. The maximum absolute atomic E-state index is 11.6. The van der Waals surface area contributed by atoms with Crippen LogP contribution in [0, 0.1) is 0 Å². The first kappa shape index (κ1) is 12.5. The van der Waals surface area contributed by atoms with E-state index in [9.17, 15) is 4.79 Å². The van der Waals surface area contributed by atoms with Gasteiger partial charge in [0.1, 0.15) is 11.4 Å². The monoisotopic (exact) mass is 225 g/mol. The zero-order valence-electron chi connectivity index (χ0n) is 9.95. The number of hydrogen-bond acceptors (Lipinski definition) is 4. The number of aromatic amines is 1. The number of nitrogens with zero attached hydrogens (tertiary/aromatic N) is 2. The molecule has 6 heteroatoms. The van der Waals surface area contributed by atoms with Crippen LogP contribution in [0.3, 0.4) is 0 Å². The maximum atomic E-state index is 11.6. The Kier molecular flexibility index (Phi) is 4.30. The van der Waals surface area contributed by atoms with Crippen molar-refractivity contribution in [2.75, 3.05) is 25.9 Å². The molecule has 0 bridgehead atoms. The molecular weight excluding hydrogens is 206 g/mol. The number of rotatable bonds is 5. The van der Waals surface area contributed by atoms with Crippen molar-refractivity contribution in [3.63, 3.8) is 0 Å². The molecule has 0 saturated carbocycles. The number of carbonyl (C=O) groups is 1. The third kappa shape index (κ3) is 3.23. The number of anilines is 1. The van der Waals surface area contributed by atoms with E-state index < -0.39 is 0 Å². The molecule has 0 radical (unpaired) electrons. The van der Waals surface area contributed by atoms with Gasteiger partial charge < -0.3 is 16.0 Å². The number of nitrogen functional groups attached to an aromatic ring is 1. The van der Waals surface area contributed by atoms with E-state index in [0.717, 1.165) is 6.54 Å². The van der Waals surface area contributed by atoms with E-state index in [1.165, 1.54) is 6.20 Å². The van der Waals surface area contributed by atoms with Crippen LogP contribution in [-0.4, -0.2) is 47.2 Å². The molecule has 0 fully saturated rings. The van der Waals surface area contributed by atoms with Crippen molar-refractivity contribution in [3.8, 4) is 0 Å². The highest BCUT2D eigenvalue weighted by Gasteiger charge is 2.11. The van der Waals surface area contributed by atoms with Crippen molar-refractivity contribution < 1.29 is 4.79 Å². The highest BCUT2D eigenvalue weighted by molar-refractivity contribution is 5.98. The summed E-state index contributed by atoms with van der Waals surface area (Å²) in [4.78, 5) is 13.8. The fourth-order valence-corrected chi connectivity index (χ4v) is 1.18. The maximum Gasteiger partial charge on any atom is 0.256 e. The summed E-state index contributed by atoms with van der Waals surface area (Å²) in [6.45, 7) is 5.62. The standard InChI is InChI=1S/C10H19N5O/c1-7(2)15(3)5-4-12-10(16)8-6-13-14-9(8)11/h6-7H,4-5H2,1-3H3,(H,12,16)(H3,11,13,14). The van der Waals surface area contributed by atoms with E-state index >= 15 is 0 Å². The third-order valence-electron chi connectivity index (χ3n) is 2.55. The molecule has 16 heavy (non-hydrogen) atoms. The first-order chi connectivity index (χ1) is 7.52. The van der Waals surface area contributed by atoms with Crippen molar-refractivity contribution in [2.45, 2.75) is 19.9 Å². The number of H-pyrrole nitrogens is 1. The van der Waals surface area contributed by atoms with Crippen molar-refractivity contribution in [1.82, 2.24) is 20.4 Å². The van der Waals surface area contributed by atoms with E-state index in [2.05, 4.69) is 34.3 Å². The van der Waals surface area contributed by atoms with Crippen LogP contribution in [-0.2, 0) is 0 Å². The first-order valence-electron chi connectivity index (χ1n) is 5.29. The lowest BCUT2D eigenvalue weighted by Crippen LogP contribution is -2.36. The number of nitrogens with one attached hydrogen (secondary N) is 2. The summed E-state index contributed by atoms with van der Waals surface area (Å²) < 4.78 is 0. The molecule has 1 rings (SSSR count). The number of likely N-dealkylation sites (N-methyl/N-ethyl adjacent to an activating group) is 1. The minimum Gasteiger partial charge on any atom is -0.383 e. The number of nitrogens with two attached hydrogens (primary N) is 1. The van der Waals surface area contributed by atoms with Gasteiger partial charge in [-0.3, -0.25) is 9.89 Å². The topological polar surface area (TPSA) is 87.0 Å². The Morgan fingerprint density at radius 3 is 2.88 bits per heavy atom. The molecule has 0 aliphatic heterocycles. The van der Waals surface area contributed by atoms with Crippen LogP contribution in [0.4, 0.5) is 5.82 Å². The van der Waals surface area contributed by atoms with Crippen LogP contribution in [0.5, 0.6) is 0 Å². The van der Waals surface area contributed by atoms with Crippen molar-refractivity contribution in [2.24, 2.45) is 0 Å². The van der Waals surface area contributed by atoms with Gasteiger partial charge >= 0.3 is 0 Å². The van der Waals surface area contributed by atoms with Crippen LogP contribution in [0.2, 0.25) is 0 Å². The second kappa shape index (κ2) is 5.50. The minimum absolute atomic E-state index is 0.191. The molecule has 1 amide bonds. The number of aromatic nitrogens is 2. The molecule has 0 saturated heterocycles. The molecule has 0 atom stereocenters. The molecular formula is C10H19N5O. The summed E-state index contributed by atoms with van der Waals surface area (Å²) in [6.07, 6.45) is 1.43. The van der Waals surface area contributed by atoms with Gasteiger partial charge in [0.25, 0.3) is 5.91 Å². The zero-order valence-corrected chi connectivity index (χ0v) is 9.95. The molecule has 1 aromatic rings. The summed E-state index contributed by atoms with van der Waals surface area (Å²) in [5.41, 5.74) is 5.93. The van der Waals surface area contributed by atoms with Gasteiger partial charge in [0.05, 0.1) is 6.20 Å². The highest BCUT2D eigenvalue weighted by atomic mass is 16.1. The Morgan fingerprint density at radius 1 is 1.69 bits per heavy atom. The van der Waals surface area contributed by atoms with Crippen LogP contribution in [0.1, 0.15) is 24.2 Å². The number of hydrogen-bond donors (Lipinski definition) is 3. The lowest BCUT2D eigenvalue weighted by atomic mass is 10.3. The second-order valence-electron chi connectivity index (χ2n) is 4.03. The van der Waals surface area contributed by atoms with E-state index in [1.807, 2.05) is 7.05 Å². The number of amides is 1. The van der Waals surface area contributed by atoms with Crippen LogP contribution < -0.4 is 11.1 Å². The molecule has 0 unspecified atom stereocenters. The average molecular weight is 225 g/mol. The smallest absolute Gasteiger partial charge is 0.256 e. The van der Waals surface area contributed by atoms with Crippen molar-refractivity contribution >= 4 is 11.7 Å². The summed E-state index contributed by atoms with van der Waals surface area (Å²) in [7, 11) is 2.02. The number of carbonyl (C=O) groups excluding carboxylic acids is 1. The normalized spacial score (nSPS) is 11.1. The van der Waals surface area contributed by atoms with Crippen LogP contribution in [0.15, 0.2) is 6.20 Å². The van der Waals surface area contributed by atoms with Crippen molar-refractivity contribution in [3.05, 3.63) is 11.8 Å². The van der Waals surface area contributed by atoms with Gasteiger partial charge in [-0.05, 0) is 20.9 Å². The summed E-state index contributed by atoms with van der Waals surface area (Å²) >= 11 is 0. The van der Waals surface area contributed by atoms with Gasteiger partial charge in [-0.1, -0.05) is 0 Å². The molecule has 1 aromatic heterocycles. The second-order valence-corrected chi connectivity index (χ2v) is 4.03. The predicted octanol–water partition coefficient (Wildman–Crippen LogP) is 0.0619. The van der Waals surface area contributed by atoms with E-state index in [-0.39, 0.29) is 5.91 Å². The van der Waals surface area contributed by atoms with E-state index in [1.54, 1.807) is 0 Å². The molecule has 0 aliphatic rings. The fourth-order valence-electron chi connectivity index (χ4n) is 1.18. The third-order valence-corrected chi connectivity index (χ3v) is 2.55. The minimum atomic E-state index is -0.191. The Hall–Kier alpha value is -1.56. The highest BCUT2D eigenvalue weighted by Crippen LogP contribution is 2.04. The van der Waals surface area contributed by atoms with E-state index in [0.29, 0.717) is 24.0 Å². The molecule has 0 aliphatic carbocycles. The van der Waals surface area contributed by atoms with Gasteiger partial charge in [-0.25, -0.2) is 0 Å². The van der Waals surface area contributed by atoms with E-state index in [4.69, 9.17) is 5.73 Å². The lowest BCUT2D eigenvalue weighted by Gasteiger charge is -2.20. The molecule has 90 valence electrons. The quantitative estimate of drug-likeness (QED) is 0.661. The SMILES string of the molecule is CC(C)N(C)CCNC(=O)c1cn[nH]c1N. The van der Waals surface area contributed by atoms with Gasteiger partial charge in [0, 0.05) is 19.1 Å². The molecule has 1 heterocycles. The van der Waals surface area contributed by atoms with Crippen LogP contribution >= 0.6 is 0 Å². The largest absolute Gasteiger partial charge is 0.383 e. The van der Waals surface area contributed by atoms with Gasteiger partial charge in [0.2, 0.25) is 0 Å². The summed E-state index contributed by atoms with van der Waals surface area (Å²) in [5.74, 6) is 0.109. The van der Waals surface area contributed by atoms with Crippen LogP contribution in [0.25, 0.3) is 0 Å². The molecule has 0 spiro atoms. The first-order valence-corrected chi connectivity index (χ1v) is 5.29. The summed E-state index contributed by atoms with van der Waals surface area (Å²) in [5, 5.41) is 9.01. The summed E-state index contributed by atoms with van der Waals surface area (Å²) in [6, 6.07) is 0.468. The lowest BCUT2D eigenvalue weighted by molar-refractivity contribution is 0.0949. The van der Waals surface area contributed by atoms with Gasteiger partial charge in [-0.15, -0.1) is 0 Å². The van der Waals surface area contributed by atoms with Gasteiger partial charge in [-0.2, -0.15) is 5.10 Å². The molecule has 6 nitrogen and oxygen atoms in total. The average Bonchev–Trinajstić information content (AvgIpc) is 2.64. The Bertz CT molecular complexity index is 347. The zero-order chi connectivity index (χ0) is 12.1. The van der Waals surface area contributed by atoms with Gasteiger partial charge in [0.15, 0.2) is 0 Å². The van der Waals surface area contributed by atoms with Crippen molar-refractivity contribution in [1.29, 1.82) is 0 Å². The Labute approximate surface area is 95.2 Å². The Balaban J connectivity index is 2.34. The molecule has 4 N–H and O–H groups in total. The fraction of sp³-hybridized carbons (Fsp3) is 0.600. The Morgan fingerprint density at radius 2 is 2.38 bits per heavy atom. The predicted molar refractivity (Wildman–Crippen MR) is 63.1 cm³/mol.